The van der Waals surface area contributed by atoms with Crippen LogP contribution < -0.4 is 0 Å². The molecule has 5 nitrogen and oxygen atoms in total. The summed E-state index contributed by atoms with van der Waals surface area (Å²) in [6, 6.07) is 7.88. The normalized spacial score (nSPS) is 15.4. The van der Waals surface area contributed by atoms with Gasteiger partial charge in [-0.15, -0.1) is 0 Å². The van der Waals surface area contributed by atoms with Crippen LogP contribution in [0, 0.1) is 0 Å². The number of carbonyl (C=O) groups is 1. The molecule has 2 heterocycles. The number of carbonyl (C=O) groups excluding carboxylic acids is 1. The van der Waals surface area contributed by atoms with Crippen LogP contribution in [0.5, 0.6) is 0 Å². The summed E-state index contributed by atoms with van der Waals surface area (Å²) in [7, 11) is 0. The first-order chi connectivity index (χ1) is 11.6. The molecule has 0 N–H and O–H groups in total. The van der Waals surface area contributed by atoms with Crippen LogP contribution in [-0.2, 0) is 0 Å². The van der Waals surface area contributed by atoms with Crippen molar-refractivity contribution in [2.45, 2.75) is 31.8 Å². The Kier molecular flexibility index (Phi) is 3.73. The lowest BCUT2D eigenvalue weighted by Crippen LogP contribution is -2.36. The zero-order valence-corrected chi connectivity index (χ0v) is 14.0. The molecule has 1 atom stereocenters. The van der Waals surface area contributed by atoms with Crippen molar-refractivity contribution < 1.29 is 4.79 Å². The van der Waals surface area contributed by atoms with E-state index in [0.29, 0.717) is 16.4 Å². The van der Waals surface area contributed by atoms with Gasteiger partial charge in [0, 0.05) is 35.9 Å². The standard InChI is InChI=1S/C18H17ClN4O/c1-12(13-2-4-14(19)5-3-13)23(15-6-7-15)18(24)16-17-21-9-11-22(17)10-8-20-16/h2-5,8-12,15H,6-7H2,1H3/t12-/m1/s1. The van der Waals surface area contributed by atoms with Crippen molar-refractivity contribution in [2.75, 3.05) is 0 Å². The molecule has 4 rings (SSSR count). The van der Waals surface area contributed by atoms with Crippen LogP contribution >= 0.6 is 11.6 Å². The average molecular weight is 341 g/mol. The Morgan fingerprint density at radius 1 is 1.21 bits per heavy atom. The molecule has 1 amide bonds. The highest BCUT2D eigenvalue weighted by Gasteiger charge is 2.38. The first kappa shape index (κ1) is 15.1. The summed E-state index contributed by atoms with van der Waals surface area (Å²) in [5.41, 5.74) is 2.06. The molecule has 122 valence electrons. The molecule has 0 aliphatic heterocycles. The molecule has 1 fully saturated rings. The first-order valence-electron chi connectivity index (χ1n) is 8.01. The molecule has 3 aromatic rings. The van der Waals surface area contributed by atoms with E-state index in [-0.39, 0.29) is 18.0 Å². The third kappa shape index (κ3) is 2.65. The van der Waals surface area contributed by atoms with Gasteiger partial charge in [-0.3, -0.25) is 4.79 Å². The van der Waals surface area contributed by atoms with Gasteiger partial charge in [-0.2, -0.15) is 0 Å². The van der Waals surface area contributed by atoms with Gasteiger partial charge in [0.05, 0.1) is 6.04 Å². The minimum Gasteiger partial charge on any atom is -0.327 e. The van der Waals surface area contributed by atoms with E-state index in [4.69, 9.17) is 11.6 Å². The molecular weight excluding hydrogens is 324 g/mol. The van der Waals surface area contributed by atoms with E-state index in [9.17, 15) is 4.79 Å². The van der Waals surface area contributed by atoms with Crippen LogP contribution in [0.15, 0.2) is 49.1 Å². The fourth-order valence-electron chi connectivity index (χ4n) is 3.04. The first-order valence-corrected chi connectivity index (χ1v) is 8.39. The summed E-state index contributed by atoms with van der Waals surface area (Å²) in [5.74, 6) is -0.0725. The predicted molar refractivity (Wildman–Crippen MR) is 92.0 cm³/mol. The van der Waals surface area contributed by atoms with E-state index in [0.717, 1.165) is 18.4 Å². The van der Waals surface area contributed by atoms with E-state index in [1.807, 2.05) is 46.7 Å². The third-order valence-electron chi connectivity index (χ3n) is 4.46. The Morgan fingerprint density at radius 3 is 2.54 bits per heavy atom. The van der Waals surface area contributed by atoms with Gasteiger partial charge in [0.15, 0.2) is 11.3 Å². The van der Waals surface area contributed by atoms with Gasteiger partial charge >= 0.3 is 0 Å². The Morgan fingerprint density at radius 2 is 1.88 bits per heavy atom. The average Bonchev–Trinajstić information content (AvgIpc) is 3.30. The Bertz CT molecular complexity index is 885. The quantitative estimate of drug-likeness (QED) is 0.726. The lowest BCUT2D eigenvalue weighted by Gasteiger charge is -2.29. The number of hydrogen-bond donors (Lipinski definition) is 0. The molecule has 1 aliphatic rings. The molecule has 0 radical (unpaired) electrons. The molecule has 2 aromatic heterocycles. The van der Waals surface area contributed by atoms with E-state index < -0.39 is 0 Å². The largest absolute Gasteiger partial charge is 0.327 e. The van der Waals surface area contributed by atoms with Crippen LogP contribution in [-0.4, -0.2) is 31.2 Å². The van der Waals surface area contributed by atoms with E-state index in [1.54, 1.807) is 18.6 Å². The number of nitrogens with zero attached hydrogens (tertiary/aromatic N) is 4. The summed E-state index contributed by atoms with van der Waals surface area (Å²) >= 11 is 5.98. The minimum atomic E-state index is -0.0725. The molecule has 1 aliphatic carbocycles. The zero-order chi connectivity index (χ0) is 16.7. The maximum atomic E-state index is 13.2. The van der Waals surface area contributed by atoms with Crippen LogP contribution in [0.2, 0.25) is 5.02 Å². The SMILES string of the molecule is C[C@H](c1ccc(Cl)cc1)N(C(=O)c1nccn2ccnc12)C1CC1. The monoisotopic (exact) mass is 340 g/mol. The van der Waals surface area contributed by atoms with Gasteiger partial charge in [-0.25, -0.2) is 9.97 Å². The highest BCUT2D eigenvalue weighted by atomic mass is 35.5. The number of imidazole rings is 1. The number of amides is 1. The van der Waals surface area contributed by atoms with Crippen molar-refractivity contribution >= 4 is 23.2 Å². The smallest absolute Gasteiger partial charge is 0.277 e. The van der Waals surface area contributed by atoms with Crippen molar-refractivity contribution in [3.05, 3.63) is 65.3 Å². The molecule has 6 heteroatoms. The van der Waals surface area contributed by atoms with Crippen molar-refractivity contribution in [3.8, 4) is 0 Å². The molecular formula is C18H17ClN4O. The van der Waals surface area contributed by atoms with Gasteiger partial charge in [0.1, 0.15) is 0 Å². The molecule has 1 saturated carbocycles. The fraction of sp³-hybridized carbons (Fsp3) is 0.278. The minimum absolute atomic E-state index is 0.0423. The number of rotatable bonds is 4. The summed E-state index contributed by atoms with van der Waals surface area (Å²) in [6.45, 7) is 2.05. The van der Waals surface area contributed by atoms with E-state index >= 15 is 0 Å². The highest BCUT2D eigenvalue weighted by molar-refractivity contribution is 6.30. The van der Waals surface area contributed by atoms with Crippen molar-refractivity contribution in [3.63, 3.8) is 0 Å². The summed E-state index contributed by atoms with van der Waals surface area (Å²) < 4.78 is 1.82. The maximum absolute atomic E-state index is 13.2. The fourth-order valence-corrected chi connectivity index (χ4v) is 3.17. The Balaban J connectivity index is 1.71. The van der Waals surface area contributed by atoms with Crippen LogP contribution in [0.3, 0.4) is 0 Å². The molecule has 1 aromatic carbocycles. The van der Waals surface area contributed by atoms with Crippen LogP contribution in [0.25, 0.3) is 5.65 Å². The second kappa shape index (κ2) is 5.91. The molecule has 0 bridgehead atoms. The van der Waals surface area contributed by atoms with E-state index in [1.165, 1.54) is 0 Å². The number of halogens is 1. The van der Waals surface area contributed by atoms with Crippen molar-refractivity contribution in [1.82, 2.24) is 19.3 Å². The third-order valence-corrected chi connectivity index (χ3v) is 4.71. The number of fused-ring (bicyclic) bond motifs is 1. The summed E-state index contributed by atoms with van der Waals surface area (Å²) in [5, 5.41) is 0.694. The highest BCUT2D eigenvalue weighted by Crippen LogP contribution is 2.36. The molecule has 0 saturated heterocycles. The van der Waals surface area contributed by atoms with Crippen LogP contribution in [0.1, 0.15) is 41.9 Å². The van der Waals surface area contributed by atoms with Gasteiger partial charge in [0.2, 0.25) is 0 Å². The van der Waals surface area contributed by atoms with Gasteiger partial charge in [-0.05, 0) is 37.5 Å². The van der Waals surface area contributed by atoms with Gasteiger partial charge in [0.25, 0.3) is 5.91 Å². The Labute approximate surface area is 144 Å². The second-order valence-corrected chi connectivity index (χ2v) is 6.54. The van der Waals surface area contributed by atoms with Crippen LogP contribution in [0.4, 0.5) is 0 Å². The summed E-state index contributed by atoms with van der Waals surface area (Å²) in [6.07, 6.45) is 8.99. The van der Waals surface area contributed by atoms with Crippen molar-refractivity contribution in [1.29, 1.82) is 0 Å². The summed E-state index contributed by atoms with van der Waals surface area (Å²) in [4.78, 5) is 23.7. The van der Waals surface area contributed by atoms with Crippen molar-refractivity contribution in [2.24, 2.45) is 0 Å². The second-order valence-electron chi connectivity index (χ2n) is 6.11. The Hall–Kier alpha value is -2.40. The maximum Gasteiger partial charge on any atom is 0.277 e. The lowest BCUT2D eigenvalue weighted by molar-refractivity contribution is 0.0669. The predicted octanol–water partition coefficient (Wildman–Crippen LogP) is 3.75. The van der Waals surface area contributed by atoms with Gasteiger partial charge < -0.3 is 9.30 Å². The lowest BCUT2D eigenvalue weighted by atomic mass is 10.1. The number of aromatic nitrogens is 3. The number of hydrogen-bond acceptors (Lipinski definition) is 3. The topological polar surface area (TPSA) is 50.5 Å². The van der Waals surface area contributed by atoms with E-state index in [2.05, 4.69) is 9.97 Å². The number of benzene rings is 1. The zero-order valence-electron chi connectivity index (χ0n) is 13.3. The molecule has 0 spiro atoms. The molecule has 0 unspecified atom stereocenters. The molecule has 24 heavy (non-hydrogen) atoms. The van der Waals surface area contributed by atoms with Gasteiger partial charge in [-0.1, -0.05) is 23.7 Å².